The Morgan fingerprint density at radius 3 is 1.52 bits per heavy atom. The minimum atomic E-state index is -1.35. The van der Waals surface area contributed by atoms with Crippen LogP contribution in [0.5, 0.6) is 0 Å². The van der Waals surface area contributed by atoms with E-state index in [2.05, 4.69) is 12.2 Å². The van der Waals surface area contributed by atoms with Crippen molar-refractivity contribution in [1.29, 1.82) is 0 Å². The number of carboxylic acid groups (broad SMARTS) is 2. The molecule has 0 bridgehead atoms. The Morgan fingerprint density at radius 2 is 1.15 bits per heavy atom. The number of hydrogen-bond donors (Lipinski definition) is 3. The average molecular weight is 405 g/mol. The summed E-state index contributed by atoms with van der Waals surface area (Å²) in [5, 5.41) is 19.8. The molecule has 3 N–H and O–H groups in total. The molecule has 0 spiro atoms. The third kappa shape index (κ3) is 22.6. The predicted molar refractivity (Wildman–Crippen MR) is 112 cm³/mol. The summed E-state index contributed by atoms with van der Waals surface area (Å²) in [4.78, 5) is 33.1. The third-order valence-electron chi connectivity index (χ3n) is 4.27. The molecule has 1 atom stereocenters. The van der Waals surface area contributed by atoms with E-state index >= 15 is 0 Å². The quantitative estimate of drug-likeness (QED) is 0.255. The predicted octanol–water partition coefficient (Wildman–Crippen LogP) is 2.82. The van der Waals surface area contributed by atoms with Crippen molar-refractivity contribution in [2.45, 2.75) is 103 Å². The number of carbonyl (C=O) groups excluding carboxylic acids is 1. The molecular weight excluding hydrogens is 368 g/mol. The summed E-state index contributed by atoms with van der Waals surface area (Å²) < 4.78 is 0. The molecule has 0 aliphatic heterocycles. The number of aliphatic carboxylic acids is 2. The van der Waals surface area contributed by atoms with Gasteiger partial charge >= 0.3 is 71.1 Å². The van der Waals surface area contributed by atoms with Crippen LogP contribution < -0.4 is 5.32 Å². The summed E-state index contributed by atoms with van der Waals surface area (Å²) >= 11 is 0. The topological polar surface area (TPSA) is 104 Å². The molecular formula is C19H37NNa2O5. The molecule has 0 saturated heterocycles. The SMILES string of the molecule is CCCCCCCCCCCCCCC(=O)N[C@@H](CC(=O)O)C(=O)O.[NaH].[NaH]. The van der Waals surface area contributed by atoms with Crippen molar-refractivity contribution in [2.24, 2.45) is 0 Å². The van der Waals surface area contributed by atoms with Gasteiger partial charge in [0.1, 0.15) is 6.04 Å². The Balaban J connectivity index is -0.00000288. The molecule has 0 aliphatic carbocycles. The molecule has 150 valence electrons. The monoisotopic (exact) mass is 405 g/mol. The fraction of sp³-hybridized carbons (Fsp3) is 0.842. The molecule has 0 aliphatic rings. The average Bonchev–Trinajstić information content (AvgIpc) is 2.54. The Labute approximate surface area is 208 Å². The molecule has 0 saturated carbocycles. The van der Waals surface area contributed by atoms with Crippen molar-refractivity contribution in [1.82, 2.24) is 5.32 Å². The first-order valence-corrected chi connectivity index (χ1v) is 9.71. The Hall–Kier alpha value is 0.410. The van der Waals surface area contributed by atoms with Crippen molar-refractivity contribution in [3.63, 3.8) is 0 Å². The van der Waals surface area contributed by atoms with Gasteiger partial charge in [0.25, 0.3) is 0 Å². The van der Waals surface area contributed by atoms with Crippen LogP contribution in [-0.4, -0.2) is 93.2 Å². The van der Waals surface area contributed by atoms with Gasteiger partial charge in [-0.05, 0) is 6.42 Å². The van der Waals surface area contributed by atoms with Gasteiger partial charge < -0.3 is 15.5 Å². The van der Waals surface area contributed by atoms with Crippen LogP contribution in [-0.2, 0) is 14.4 Å². The second-order valence-corrected chi connectivity index (χ2v) is 6.70. The normalized spacial score (nSPS) is 11.0. The summed E-state index contributed by atoms with van der Waals surface area (Å²) in [6.45, 7) is 2.23. The Morgan fingerprint density at radius 1 is 0.741 bits per heavy atom. The fourth-order valence-corrected chi connectivity index (χ4v) is 2.77. The Bertz CT molecular complexity index is 394. The molecule has 0 aromatic heterocycles. The summed E-state index contributed by atoms with van der Waals surface area (Å²) in [6.07, 6.45) is 14.1. The Kier molecular flexibility index (Phi) is 27.0. The van der Waals surface area contributed by atoms with Crippen molar-refractivity contribution in [2.75, 3.05) is 0 Å². The van der Waals surface area contributed by atoms with Gasteiger partial charge in [-0.1, -0.05) is 77.6 Å². The molecule has 8 heteroatoms. The van der Waals surface area contributed by atoms with E-state index < -0.39 is 24.4 Å². The van der Waals surface area contributed by atoms with Gasteiger partial charge in [0.05, 0.1) is 6.42 Å². The van der Waals surface area contributed by atoms with E-state index in [1.165, 1.54) is 57.8 Å². The molecule has 0 radical (unpaired) electrons. The molecule has 0 rings (SSSR count). The minimum absolute atomic E-state index is 0. The van der Waals surface area contributed by atoms with Crippen LogP contribution in [0.3, 0.4) is 0 Å². The summed E-state index contributed by atoms with van der Waals surface area (Å²) in [6, 6.07) is -1.35. The second kappa shape index (κ2) is 22.7. The number of amides is 1. The van der Waals surface area contributed by atoms with Crippen LogP contribution in [0.15, 0.2) is 0 Å². The van der Waals surface area contributed by atoms with E-state index in [0.29, 0.717) is 6.42 Å². The van der Waals surface area contributed by atoms with E-state index in [4.69, 9.17) is 10.2 Å². The maximum absolute atomic E-state index is 11.7. The van der Waals surface area contributed by atoms with Gasteiger partial charge in [-0.25, -0.2) is 4.79 Å². The van der Waals surface area contributed by atoms with Crippen molar-refractivity contribution in [3.05, 3.63) is 0 Å². The maximum atomic E-state index is 11.7. The van der Waals surface area contributed by atoms with Crippen LogP contribution in [0.4, 0.5) is 0 Å². The van der Waals surface area contributed by atoms with Gasteiger partial charge in [0.2, 0.25) is 5.91 Å². The number of unbranched alkanes of at least 4 members (excludes halogenated alkanes) is 11. The number of rotatable bonds is 17. The van der Waals surface area contributed by atoms with Crippen LogP contribution in [0.25, 0.3) is 0 Å². The van der Waals surface area contributed by atoms with Crippen molar-refractivity contribution < 1.29 is 24.6 Å². The van der Waals surface area contributed by atoms with Gasteiger partial charge in [0, 0.05) is 6.42 Å². The van der Waals surface area contributed by atoms with Gasteiger partial charge in [-0.2, -0.15) is 0 Å². The molecule has 1 amide bonds. The van der Waals surface area contributed by atoms with Crippen LogP contribution in [0.1, 0.15) is 96.8 Å². The van der Waals surface area contributed by atoms with E-state index in [0.717, 1.165) is 12.8 Å². The molecule has 27 heavy (non-hydrogen) atoms. The first-order valence-electron chi connectivity index (χ1n) is 9.71. The number of carbonyl (C=O) groups is 3. The van der Waals surface area contributed by atoms with E-state index in [9.17, 15) is 14.4 Å². The molecule has 0 aromatic carbocycles. The fourth-order valence-electron chi connectivity index (χ4n) is 2.77. The zero-order valence-corrected chi connectivity index (χ0v) is 15.6. The number of carboxylic acids is 2. The zero-order valence-electron chi connectivity index (χ0n) is 15.6. The summed E-state index contributed by atoms with van der Waals surface area (Å²) in [5.41, 5.74) is 0. The first-order chi connectivity index (χ1) is 12.0. The third-order valence-corrected chi connectivity index (χ3v) is 4.27. The van der Waals surface area contributed by atoms with Crippen LogP contribution >= 0.6 is 0 Å². The van der Waals surface area contributed by atoms with E-state index in [-0.39, 0.29) is 71.4 Å². The standard InChI is InChI=1S/C19H35NO5.2Na.2H/c1-2-3-4-5-6-7-8-9-10-11-12-13-14-17(21)20-16(19(24)25)15-18(22)23;;;;/h16H,2-15H2,1H3,(H,20,21)(H,22,23)(H,24,25);;;;/t16-;;;;/m0..../s1. The molecule has 0 heterocycles. The second-order valence-electron chi connectivity index (χ2n) is 6.70. The van der Waals surface area contributed by atoms with Crippen LogP contribution in [0, 0.1) is 0 Å². The van der Waals surface area contributed by atoms with E-state index in [1.54, 1.807) is 0 Å². The zero-order chi connectivity index (χ0) is 18.9. The van der Waals surface area contributed by atoms with E-state index in [1.807, 2.05) is 0 Å². The van der Waals surface area contributed by atoms with Crippen molar-refractivity contribution in [3.8, 4) is 0 Å². The van der Waals surface area contributed by atoms with Crippen LogP contribution in [0.2, 0.25) is 0 Å². The molecule has 0 aromatic rings. The van der Waals surface area contributed by atoms with Crippen molar-refractivity contribution >= 4 is 77.0 Å². The summed E-state index contributed by atoms with van der Waals surface area (Å²) in [7, 11) is 0. The number of hydrogen-bond acceptors (Lipinski definition) is 3. The molecule has 0 fully saturated rings. The molecule has 6 nitrogen and oxygen atoms in total. The van der Waals surface area contributed by atoms with Gasteiger partial charge in [-0.3, -0.25) is 9.59 Å². The van der Waals surface area contributed by atoms with Gasteiger partial charge in [-0.15, -0.1) is 0 Å². The van der Waals surface area contributed by atoms with Gasteiger partial charge in [0.15, 0.2) is 0 Å². The first kappa shape index (κ1) is 32.1. The number of nitrogens with one attached hydrogen (secondary N) is 1. The summed E-state index contributed by atoms with van der Waals surface area (Å²) in [5.74, 6) is -2.94. The molecule has 0 unspecified atom stereocenters.